The van der Waals surface area contributed by atoms with E-state index in [1.54, 1.807) is 6.20 Å². The molecule has 5 nitrogen and oxygen atoms in total. The molecule has 1 aromatic carbocycles. The standard InChI is InChI=1S/C12H11N5/c1-17(2)12-14-11-8-5-3-4-6-9(8)13-7-10(11)15-16-12/h3-7H,1-2H3. The number of hydrogen-bond acceptors (Lipinski definition) is 5. The van der Waals surface area contributed by atoms with E-state index >= 15 is 0 Å². The summed E-state index contributed by atoms with van der Waals surface area (Å²) >= 11 is 0. The molecule has 2 aromatic heterocycles. The Kier molecular flexibility index (Phi) is 2.11. The van der Waals surface area contributed by atoms with Crippen molar-refractivity contribution in [3.63, 3.8) is 0 Å². The van der Waals surface area contributed by atoms with Gasteiger partial charge in [-0.3, -0.25) is 4.98 Å². The van der Waals surface area contributed by atoms with Gasteiger partial charge in [-0.2, -0.15) is 0 Å². The molecule has 84 valence electrons. The van der Waals surface area contributed by atoms with Crippen LogP contribution in [0.1, 0.15) is 0 Å². The predicted octanol–water partition coefficient (Wildman–Crippen LogP) is 1.64. The minimum atomic E-state index is 0.605. The van der Waals surface area contributed by atoms with Crippen LogP contribution in [0.5, 0.6) is 0 Å². The van der Waals surface area contributed by atoms with Crippen molar-refractivity contribution in [3.8, 4) is 0 Å². The number of pyridine rings is 1. The first-order chi connectivity index (χ1) is 8.25. The average Bonchev–Trinajstić information content (AvgIpc) is 2.38. The van der Waals surface area contributed by atoms with Crippen molar-refractivity contribution in [2.24, 2.45) is 0 Å². The predicted molar refractivity (Wildman–Crippen MR) is 67.0 cm³/mol. The van der Waals surface area contributed by atoms with Gasteiger partial charge in [-0.05, 0) is 6.07 Å². The SMILES string of the molecule is CN(C)c1nnc2cnc3ccccc3c2n1. The van der Waals surface area contributed by atoms with E-state index in [2.05, 4.69) is 20.2 Å². The van der Waals surface area contributed by atoms with Gasteiger partial charge in [0.2, 0.25) is 5.95 Å². The van der Waals surface area contributed by atoms with Crippen LogP contribution in [-0.2, 0) is 0 Å². The van der Waals surface area contributed by atoms with Gasteiger partial charge in [-0.25, -0.2) is 4.98 Å². The summed E-state index contributed by atoms with van der Waals surface area (Å²) in [5, 5.41) is 9.18. The molecule has 0 N–H and O–H groups in total. The Hall–Kier alpha value is -2.30. The van der Waals surface area contributed by atoms with Crippen LogP contribution in [0.15, 0.2) is 30.5 Å². The van der Waals surface area contributed by atoms with Gasteiger partial charge < -0.3 is 4.90 Å². The van der Waals surface area contributed by atoms with E-state index in [-0.39, 0.29) is 0 Å². The third kappa shape index (κ3) is 1.56. The van der Waals surface area contributed by atoms with Crippen molar-refractivity contribution in [3.05, 3.63) is 30.5 Å². The molecule has 0 aliphatic heterocycles. The van der Waals surface area contributed by atoms with E-state index < -0.39 is 0 Å². The Morgan fingerprint density at radius 3 is 2.65 bits per heavy atom. The normalized spacial score (nSPS) is 10.9. The van der Waals surface area contributed by atoms with E-state index in [4.69, 9.17) is 0 Å². The molecule has 0 radical (unpaired) electrons. The summed E-state index contributed by atoms with van der Waals surface area (Å²) in [6.45, 7) is 0. The lowest BCUT2D eigenvalue weighted by Gasteiger charge is -2.09. The molecule has 0 fully saturated rings. The second-order valence-electron chi connectivity index (χ2n) is 4.02. The summed E-state index contributed by atoms with van der Waals surface area (Å²) in [4.78, 5) is 10.7. The van der Waals surface area contributed by atoms with Gasteiger partial charge in [-0.1, -0.05) is 18.2 Å². The molecule has 3 rings (SSSR count). The Morgan fingerprint density at radius 2 is 1.82 bits per heavy atom. The highest BCUT2D eigenvalue weighted by Crippen LogP contribution is 2.20. The van der Waals surface area contributed by atoms with Crippen LogP contribution in [0.2, 0.25) is 0 Å². The van der Waals surface area contributed by atoms with Gasteiger partial charge in [0, 0.05) is 19.5 Å². The third-order valence-corrected chi connectivity index (χ3v) is 2.59. The first kappa shape index (κ1) is 9.89. The van der Waals surface area contributed by atoms with E-state index in [9.17, 15) is 0 Å². The van der Waals surface area contributed by atoms with Crippen molar-refractivity contribution >= 4 is 27.9 Å². The number of fused-ring (bicyclic) bond motifs is 3. The summed E-state index contributed by atoms with van der Waals surface area (Å²) in [7, 11) is 3.79. The quantitative estimate of drug-likeness (QED) is 0.589. The molecule has 0 saturated carbocycles. The van der Waals surface area contributed by atoms with Crippen molar-refractivity contribution in [1.82, 2.24) is 20.2 Å². The molecule has 0 spiro atoms. The maximum absolute atomic E-state index is 4.52. The minimum Gasteiger partial charge on any atom is -0.346 e. The Balaban J connectivity index is 2.42. The fourth-order valence-corrected chi connectivity index (χ4v) is 1.72. The Morgan fingerprint density at radius 1 is 1.00 bits per heavy atom. The molecule has 0 aliphatic carbocycles. The minimum absolute atomic E-state index is 0.605. The maximum Gasteiger partial charge on any atom is 0.245 e. The van der Waals surface area contributed by atoms with Gasteiger partial charge in [-0.15, -0.1) is 10.2 Å². The molecule has 3 aromatic rings. The maximum atomic E-state index is 4.52. The molecule has 5 heteroatoms. The van der Waals surface area contributed by atoms with Gasteiger partial charge in [0.05, 0.1) is 11.7 Å². The number of para-hydroxylation sites is 1. The number of anilines is 1. The number of nitrogens with zero attached hydrogens (tertiary/aromatic N) is 5. The number of benzene rings is 1. The Labute approximate surface area is 98.1 Å². The third-order valence-electron chi connectivity index (χ3n) is 2.59. The zero-order valence-electron chi connectivity index (χ0n) is 9.62. The number of rotatable bonds is 1. The highest BCUT2D eigenvalue weighted by atomic mass is 15.3. The van der Waals surface area contributed by atoms with Crippen LogP contribution in [-0.4, -0.2) is 34.3 Å². The lowest BCUT2D eigenvalue weighted by atomic mass is 10.2. The summed E-state index contributed by atoms with van der Waals surface area (Å²) in [6.07, 6.45) is 1.71. The van der Waals surface area contributed by atoms with Crippen molar-refractivity contribution in [2.45, 2.75) is 0 Å². The van der Waals surface area contributed by atoms with Crippen LogP contribution in [0, 0.1) is 0 Å². The number of hydrogen-bond donors (Lipinski definition) is 0. The van der Waals surface area contributed by atoms with E-state index in [0.717, 1.165) is 16.4 Å². The highest BCUT2D eigenvalue weighted by Gasteiger charge is 2.07. The summed E-state index contributed by atoms with van der Waals surface area (Å²) in [5.74, 6) is 0.605. The summed E-state index contributed by atoms with van der Waals surface area (Å²) in [5.41, 5.74) is 2.48. The Bertz CT molecular complexity index is 693. The van der Waals surface area contributed by atoms with Gasteiger partial charge in [0.25, 0.3) is 0 Å². The van der Waals surface area contributed by atoms with Gasteiger partial charge >= 0.3 is 0 Å². The topological polar surface area (TPSA) is 54.8 Å². The molecule has 0 amide bonds. The van der Waals surface area contributed by atoms with Gasteiger partial charge in [0.1, 0.15) is 11.0 Å². The fraction of sp³-hybridized carbons (Fsp3) is 0.167. The summed E-state index contributed by atoms with van der Waals surface area (Å²) in [6, 6.07) is 7.90. The van der Waals surface area contributed by atoms with E-state index in [1.165, 1.54) is 0 Å². The lowest BCUT2D eigenvalue weighted by Crippen LogP contribution is -2.13. The molecule has 0 bridgehead atoms. The largest absolute Gasteiger partial charge is 0.346 e. The second-order valence-corrected chi connectivity index (χ2v) is 4.02. The molecule has 0 unspecified atom stereocenters. The van der Waals surface area contributed by atoms with Gasteiger partial charge in [0.15, 0.2) is 0 Å². The van der Waals surface area contributed by atoms with Crippen LogP contribution >= 0.6 is 0 Å². The molecule has 17 heavy (non-hydrogen) atoms. The van der Waals surface area contributed by atoms with E-state index in [0.29, 0.717) is 11.5 Å². The average molecular weight is 225 g/mol. The molecular formula is C12H11N5. The monoisotopic (exact) mass is 225 g/mol. The lowest BCUT2D eigenvalue weighted by molar-refractivity contribution is 0.939. The zero-order valence-corrected chi connectivity index (χ0v) is 9.62. The molecule has 0 aliphatic rings. The number of aromatic nitrogens is 4. The van der Waals surface area contributed by atoms with Crippen LogP contribution in [0.25, 0.3) is 21.9 Å². The smallest absolute Gasteiger partial charge is 0.245 e. The molecule has 0 saturated heterocycles. The molecular weight excluding hydrogens is 214 g/mol. The first-order valence-corrected chi connectivity index (χ1v) is 5.31. The summed E-state index contributed by atoms with van der Waals surface area (Å²) < 4.78 is 0. The molecule has 2 heterocycles. The first-order valence-electron chi connectivity index (χ1n) is 5.31. The zero-order chi connectivity index (χ0) is 11.8. The van der Waals surface area contributed by atoms with Crippen molar-refractivity contribution in [2.75, 3.05) is 19.0 Å². The van der Waals surface area contributed by atoms with Crippen molar-refractivity contribution in [1.29, 1.82) is 0 Å². The fourth-order valence-electron chi connectivity index (χ4n) is 1.72. The highest BCUT2D eigenvalue weighted by molar-refractivity contribution is 6.01. The van der Waals surface area contributed by atoms with E-state index in [1.807, 2.05) is 43.3 Å². The van der Waals surface area contributed by atoms with Crippen LogP contribution in [0.4, 0.5) is 5.95 Å². The second kappa shape index (κ2) is 3.62. The van der Waals surface area contributed by atoms with Crippen molar-refractivity contribution < 1.29 is 0 Å². The van der Waals surface area contributed by atoms with Crippen LogP contribution in [0.3, 0.4) is 0 Å². The van der Waals surface area contributed by atoms with Crippen LogP contribution < -0.4 is 4.90 Å². The molecule has 0 atom stereocenters.